The number of carbonyl (C=O) groups excluding carboxylic acids is 2. The summed E-state index contributed by atoms with van der Waals surface area (Å²) in [5.74, 6) is -0.368. The molecule has 2 aliphatic heterocycles. The average molecular weight is 390 g/mol. The smallest absolute Gasteiger partial charge is 0.454 e. The van der Waals surface area contributed by atoms with Gasteiger partial charge in [0.25, 0.3) is 0 Å². The van der Waals surface area contributed by atoms with Crippen molar-refractivity contribution in [1.82, 2.24) is 0 Å². The number of amides is 1. The number of carbonyl (C=O) groups is 2. The molecule has 0 atom stereocenters. The second-order valence-corrected chi connectivity index (χ2v) is 6.67. The van der Waals surface area contributed by atoms with Gasteiger partial charge < -0.3 is 19.7 Å². The fourth-order valence-corrected chi connectivity index (χ4v) is 3.96. The molecule has 0 saturated carbocycles. The van der Waals surface area contributed by atoms with Crippen LogP contribution >= 0.6 is 0 Å². The maximum absolute atomic E-state index is 12.9. The standard InChI is InChI=1S/C21H12NO7/c23-10-4-6-12-16(8-10)28-17-9-11(24)5-7-13(17)21(12)14-2-1-3-15(22-20(26)27)18(14)19(25)29-21/h1-9,22-24H. The molecule has 5 rings (SSSR count). The second kappa shape index (κ2) is 5.65. The molecule has 0 bridgehead atoms. The van der Waals surface area contributed by atoms with Gasteiger partial charge in [0.15, 0.2) is 5.60 Å². The average Bonchev–Trinajstić information content (AvgIpc) is 2.95. The van der Waals surface area contributed by atoms with Crippen LogP contribution in [-0.4, -0.2) is 22.3 Å². The first-order chi connectivity index (χ1) is 13.9. The number of esters is 1. The first-order valence-electron chi connectivity index (χ1n) is 8.60. The first kappa shape index (κ1) is 16.9. The van der Waals surface area contributed by atoms with Crippen LogP contribution in [0.25, 0.3) is 0 Å². The van der Waals surface area contributed by atoms with E-state index in [4.69, 9.17) is 9.47 Å². The monoisotopic (exact) mass is 390 g/mol. The molecule has 0 fully saturated rings. The number of benzene rings is 3. The van der Waals surface area contributed by atoms with Crippen LogP contribution in [0.4, 0.5) is 10.5 Å². The lowest BCUT2D eigenvalue weighted by atomic mass is 9.77. The molecule has 1 spiro atoms. The van der Waals surface area contributed by atoms with E-state index in [0.29, 0.717) is 16.7 Å². The van der Waals surface area contributed by atoms with Crippen LogP contribution in [0.5, 0.6) is 23.0 Å². The Morgan fingerprint density at radius 1 is 0.897 bits per heavy atom. The summed E-state index contributed by atoms with van der Waals surface area (Å²) in [6, 6.07) is 13.4. The third kappa shape index (κ3) is 2.26. The van der Waals surface area contributed by atoms with E-state index in [1.165, 1.54) is 30.3 Å². The van der Waals surface area contributed by atoms with Crippen molar-refractivity contribution >= 4 is 17.7 Å². The van der Waals surface area contributed by atoms with Gasteiger partial charge in [0.1, 0.15) is 23.0 Å². The van der Waals surface area contributed by atoms with Gasteiger partial charge >= 0.3 is 12.1 Å². The van der Waals surface area contributed by atoms with Crippen LogP contribution in [0.15, 0.2) is 54.6 Å². The predicted octanol–water partition coefficient (Wildman–Crippen LogP) is 3.63. The number of nitrogens with one attached hydrogen (secondary N) is 1. The summed E-state index contributed by atoms with van der Waals surface area (Å²) in [6.45, 7) is 0. The molecule has 0 unspecified atom stereocenters. The highest BCUT2D eigenvalue weighted by molar-refractivity contribution is 6.04. The van der Waals surface area contributed by atoms with E-state index in [0.717, 1.165) is 0 Å². The number of hydrogen-bond donors (Lipinski definition) is 3. The molecule has 143 valence electrons. The van der Waals surface area contributed by atoms with Gasteiger partial charge in [0, 0.05) is 28.8 Å². The maximum atomic E-state index is 12.9. The number of phenolic OH excluding ortho intramolecular Hbond substituents is 2. The lowest BCUT2D eigenvalue weighted by Gasteiger charge is -2.36. The van der Waals surface area contributed by atoms with E-state index in [-0.39, 0.29) is 34.2 Å². The van der Waals surface area contributed by atoms with Gasteiger partial charge in [-0.05, 0) is 30.3 Å². The van der Waals surface area contributed by atoms with Crippen LogP contribution in [0.1, 0.15) is 27.0 Å². The summed E-state index contributed by atoms with van der Waals surface area (Å²) >= 11 is 0. The van der Waals surface area contributed by atoms with Gasteiger partial charge in [-0.1, -0.05) is 12.1 Å². The Morgan fingerprint density at radius 2 is 1.52 bits per heavy atom. The number of aromatic hydroxyl groups is 2. The van der Waals surface area contributed by atoms with Gasteiger partial charge in [0.2, 0.25) is 0 Å². The normalized spacial score (nSPS) is 15.0. The largest absolute Gasteiger partial charge is 0.508 e. The van der Waals surface area contributed by atoms with Crippen molar-refractivity contribution in [2.45, 2.75) is 5.60 Å². The van der Waals surface area contributed by atoms with E-state index in [2.05, 4.69) is 5.32 Å². The summed E-state index contributed by atoms with van der Waals surface area (Å²) in [5.41, 5.74) is -0.0538. The summed E-state index contributed by atoms with van der Waals surface area (Å²) < 4.78 is 11.7. The Morgan fingerprint density at radius 3 is 2.10 bits per heavy atom. The van der Waals surface area contributed by atoms with Crippen LogP contribution in [-0.2, 0) is 15.4 Å². The van der Waals surface area contributed by atoms with Crippen molar-refractivity contribution in [3.63, 3.8) is 0 Å². The Kier molecular flexibility index (Phi) is 3.30. The van der Waals surface area contributed by atoms with Crippen LogP contribution in [0.3, 0.4) is 0 Å². The van der Waals surface area contributed by atoms with Crippen molar-refractivity contribution in [3.05, 3.63) is 76.9 Å². The molecule has 8 nitrogen and oxygen atoms in total. The Labute approximate surface area is 163 Å². The zero-order chi connectivity index (χ0) is 20.3. The van der Waals surface area contributed by atoms with Crippen molar-refractivity contribution < 1.29 is 34.4 Å². The van der Waals surface area contributed by atoms with Gasteiger partial charge in [-0.3, -0.25) is 5.32 Å². The molecule has 1 amide bonds. The minimum absolute atomic E-state index is 0.0384. The minimum atomic E-state index is -1.56. The summed E-state index contributed by atoms with van der Waals surface area (Å²) in [4.78, 5) is 23.9. The minimum Gasteiger partial charge on any atom is -0.508 e. The molecule has 1 radical (unpaired) electrons. The molecule has 3 aromatic carbocycles. The highest BCUT2D eigenvalue weighted by atomic mass is 16.6. The molecule has 0 saturated heterocycles. The lowest BCUT2D eigenvalue weighted by Crippen LogP contribution is -2.32. The summed E-state index contributed by atoms with van der Waals surface area (Å²) in [6.07, 6.45) is -1.56. The summed E-state index contributed by atoms with van der Waals surface area (Å²) in [5, 5.41) is 33.0. The lowest BCUT2D eigenvalue weighted by molar-refractivity contribution is 0.0224. The van der Waals surface area contributed by atoms with Crippen molar-refractivity contribution in [2.75, 3.05) is 5.32 Å². The molecule has 0 aromatic heterocycles. The van der Waals surface area contributed by atoms with Crippen molar-refractivity contribution in [2.24, 2.45) is 0 Å². The highest BCUT2D eigenvalue weighted by Crippen LogP contribution is 2.57. The molecule has 3 aromatic rings. The van der Waals surface area contributed by atoms with E-state index in [1.54, 1.807) is 24.3 Å². The fraction of sp³-hybridized carbons (Fsp3) is 0.0476. The number of anilines is 1. The third-order valence-corrected chi connectivity index (χ3v) is 5.04. The molecular formula is C21H12NO7. The number of fused-ring (bicyclic) bond motifs is 6. The molecular weight excluding hydrogens is 378 g/mol. The van der Waals surface area contributed by atoms with Gasteiger partial charge in [-0.2, -0.15) is 0 Å². The maximum Gasteiger partial charge on any atom is 0.454 e. The zero-order valence-electron chi connectivity index (χ0n) is 14.6. The number of hydrogen-bond acceptors (Lipinski definition) is 6. The second-order valence-electron chi connectivity index (χ2n) is 6.67. The fourth-order valence-electron chi connectivity index (χ4n) is 3.96. The van der Waals surface area contributed by atoms with E-state index >= 15 is 0 Å². The van der Waals surface area contributed by atoms with Crippen LogP contribution in [0.2, 0.25) is 0 Å². The van der Waals surface area contributed by atoms with E-state index in [1.807, 2.05) is 0 Å². The Hall–Kier alpha value is -4.20. The molecule has 2 heterocycles. The van der Waals surface area contributed by atoms with Gasteiger partial charge in [0.05, 0.1) is 11.3 Å². The quantitative estimate of drug-likeness (QED) is 0.545. The highest BCUT2D eigenvalue weighted by Gasteiger charge is 2.54. The topological polar surface area (TPSA) is 125 Å². The molecule has 0 aliphatic carbocycles. The molecule has 8 heteroatoms. The number of ether oxygens (including phenoxy) is 2. The van der Waals surface area contributed by atoms with E-state index in [9.17, 15) is 24.9 Å². The predicted molar refractivity (Wildman–Crippen MR) is 97.7 cm³/mol. The Balaban J connectivity index is 1.86. The number of phenols is 2. The Bertz CT molecular complexity index is 1170. The van der Waals surface area contributed by atoms with Gasteiger partial charge in [-0.15, -0.1) is 0 Å². The molecule has 2 aliphatic rings. The van der Waals surface area contributed by atoms with Crippen LogP contribution in [0, 0.1) is 0 Å². The molecule has 3 N–H and O–H groups in total. The van der Waals surface area contributed by atoms with Crippen molar-refractivity contribution in [3.8, 4) is 23.0 Å². The van der Waals surface area contributed by atoms with Crippen molar-refractivity contribution in [1.29, 1.82) is 0 Å². The number of rotatable bonds is 1. The van der Waals surface area contributed by atoms with E-state index < -0.39 is 17.7 Å². The zero-order valence-corrected chi connectivity index (χ0v) is 14.6. The first-order valence-corrected chi connectivity index (χ1v) is 8.60. The van der Waals surface area contributed by atoms with Gasteiger partial charge in [-0.25, -0.2) is 14.7 Å². The third-order valence-electron chi connectivity index (χ3n) is 5.04. The summed E-state index contributed by atoms with van der Waals surface area (Å²) in [7, 11) is 0. The van der Waals surface area contributed by atoms with Crippen LogP contribution < -0.4 is 10.1 Å². The molecule has 29 heavy (non-hydrogen) atoms. The SMILES string of the molecule is [O]C(=O)Nc1cccc2c1C(=O)OC21c2ccc(O)cc2Oc2cc(O)ccc21.